The molecule has 0 spiro atoms. The monoisotopic (exact) mass is 673 g/mol. The number of fused-ring (bicyclic) bond motifs is 1. The Bertz CT molecular complexity index is 1110. The topological polar surface area (TPSA) is 90.8 Å². The highest BCUT2D eigenvalue weighted by atomic mass is 32.2. The maximum atomic E-state index is 11.8. The summed E-state index contributed by atoms with van der Waals surface area (Å²) in [7, 11) is 3.25. The van der Waals surface area contributed by atoms with Crippen molar-refractivity contribution in [2.24, 2.45) is 28.6 Å². The minimum atomic E-state index is -0.388. The van der Waals surface area contributed by atoms with Crippen molar-refractivity contribution in [3.8, 4) is 5.75 Å². The summed E-state index contributed by atoms with van der Waals surface area (Å²) in [5.74, 6) is 3.38. The molecule has 4 rings (SSSR count). The van der Waals surface area contributed by atoms with Crippen molar-refractivity contribution in [1.82, 2.24) is 0 Å². The van der Waals surface area contributed by atoms with Gasteiger partial charge in [-0.1, -0.05) is 69.1 Å². The van der Waals surface area contributed by atoms with Crippen molar-refractivity contribution >= 4 is 37.0 Å². The van der Waals surface area contributed by atoms with Crippen LogP contribution in [-0.4, -0.2) is 45.6 Å². The molecular formula is C38H63N3O3S2. The fourth-order valence-corrected chi connectivity index (χ4v) is 5.99. The zero-order valence-electron chi connectivity index (χ0n) is 29.3. The van der Waals surface area contributed by atoms with Crippen LogP contribution in [-0.2, 0) is 17.6 Å². The van der Waals surface area contributed by atoms with E-state index in [0.29, 0.717) is 17.4 Å². The van der Waals surface area contributed by atoms with E-state index in [1.54, 1.807) is 20.3 Å². The molecule has 1 fully saturated rings. The molecule has 1 saturated carbocycles. The van der Waals surface area contributed by atoms with E-state index in [9.17, 15) is 4.79 Å². The largest absolute Gasteiger partial charge is 0.491 e. The Kier molecular flexibility index (Phi) is 25.3. The van der Waals surface area contributed by atoms with Crippen LogP contribution >= 0.6 is 25.4 Å². The van der Waals surface area contributed by atoms with E-state index < -0.39 is 0 Å². The number of rotatable bonds is 14. The molecule has 0 aromatic heterocycles. The molecule has 2 aliphatic rings. The van der Waals surface area contributed by atoms with Crippen LogP contribution in [0.2, 0.25) is 0 Å². The molecule has 1 amide bonds. The Morgan fingerprint density at radius 2 is 1.76 bits per heavy atom. The first kappa shape index (κ1) is 43.6. The molecular weight excluding hydrogens is 611 g/mol. The highest BCUT2D eigenvalue weighted by Gasteiger charge is 2.33. The molecule has 1 heterocycles. The lowest BCUT2D eigenvalue weighted by Crippen LogP contribution is -2.40. The third-order valence-electron chi connectivity index (χ3n) is 8.18. The predicted molar refractivity (Wildman–Crippen MR) is 207 cm³/mol. The Morgan fingerprint density at radius 3 is 2.35 bits per heavy atom. The molecule has 0 saturated heterocycles. The molecule has 6 nitrogen and oxygen atoms in total. The summed E-state index contributed by atoms with van der Waals surface area (Å²) in [6.07, 6.45) is 14.3. The van der Waals surface area contributed by atoms with Crippen LogP contribution in [0.5, 0.6) is 5.75 Å². The van der Waals surface area contributed by atoms with Crippen LogP contribution in [0.3, 0.4) is 0 Å². The number of nitrogens with two attached hydrogens (primary N) is 2. The fourth-order valence-electron chi connectivity index (χ4n) is 5.65. The van der Waals surface area contributed by atoms with Crippen LogP contribution in [0.25, 0.3) is 0 Å². The predicted octanol–water partition coefficient (Wildman–Crippen LogP) is 8.75. The lowest BCUT2D eigenvalue weighted by atomic mass is 9.71. The molecule has 4 N–H and O–H groups in total. The second kappa shape index (κ2) is 26.7. The number of aryl methyl sites for hydroxylation is 2. The van der Waals surface area contributed by atoms with E-state index in [4.69, 9.17) is 15.6 Å². The van der Waals surface area contributed by atoms with Gasteiger partial charge in [0, 0.05) is 44.5 Å². The second-order valence-electron chi connectivity index (χ2n) is 11.5. The van der Waals surface area contributed by atoms with Crippen LogP contribution in [0.15, 0.2) is 67.8 Å². The number of primary amides is 1. The zero-order chi connectivity index (χ0) is 33.5. The normalized spacial score (nSPS) is 17.6. The van der Waals surface area contributed by atoms with Gasteiger partial charge in [0.1, 0.15) is 5.75 Å². The molecule has 2 aromatic rings. The van der Waals surface area contributed by atoms with Crippen LogP contribution < -0.4 is 20.5 Å². The number of allylic oxidation sites excluding steroid dienone is 2. The summed E-state index contributed by atoms with van der Waals surface area (Å²) in [4.78, 5) is 14.3. The van der Waals surface area contributed by atoms with Gasteiger partial charge in [-0.2, -0.15) is 13.5 Å². The molecule has 260 valence electrons. The molecule has 8 heteroatoms. The Labute approximate surface area is 292 Å². The summed E-state index contributed by atoms with van der Waals surface area (Å²) in [5, 5.41) is 5.15. The van der Waals surface area contributed by atoms with Gasteiger partial charge in [0.2, 0.25) is 5.91 Å². The van der Waals surface area contributed by atoms with Gasteiger partial charge >= 0.3 is 0 Å². The maximum absolute atomic E-state index is 11.8. The number of hydrogen-bond acceptors (Lipinski definition) is 6. The van der Waals surface area contributed by atoms with Crippen molar-refractivity contribution in [3.63, 3.8) is 0 Å². The smallest absolute Gasteiger partial charge is 0.248 e. The highest BCUT2D eigenvalue weighted by molar-refractivity contribution is 7.97. The second-order valence-corrected chi connectivity index (χ2v) is 12.3. The number of hydrogen-bond donors (Lipinski definition) is 2. The van der Waals surface area contributed by atoms with E-state index in [-0.39, 0.29) is 19.4 Å². The lowest BCUT2D eigenvalue weighted by molar-refractivity contribution is 0.1000. The van der Waals surface area contributed by atoms with Gasteiger partial charge < -0.3 is 20.1 Å². The van der Waals surface area contributed by atoms with E-state index in [1.807, 2.05) is 32.1 Å². The van der Waals surface area contributed by atoms with E-state index in [0.717, 1.165) is 87.7 Å². The van der Waals surface area contributed by atoms with Gasteiger partial charge in [-0.25, -0.2) is 0 Å². The SMILES string of the molecule is C=CCCCSN.C=CC[C@@H]1CC[C@H]1CN1CC(CCCc2cccc(CC)c2)COc2ccc(C(N)=O)cc21.CC.COC.S. The quantitative estimate of drug-likeness (QED) is 0.118. The number of anilines is 1. The molecule has 1 aliphatic heterocycles. The summed E-state index contributed by atoms with van der Waals surface area (Å²) in [6.45, 7) is 16.4. The number of carbonyl (C=O) groups is 1. The van der Waals surface area contributed by atoms with Gasteiger partial charge in [0.05, 0.1) is 12.3 Å². The van der Waals surface area contributed by atoms with Crippen molar-refractivity contribution in [1.29, 1.82) is 0 Å². The minimum Gasteiger partial charge on any atom is -0.491 e. The van der Waals surface area contributed by atoms with Gasteiger partial charge in [0.15, 0.2) is 0 Å². The van der Waals surface area contributed by atoms with E-state index in [2.05, 4.69) is 60.1 Å². The van der Waals surface area contributed by atoms with Crippen LogP contribution in [0.1, 0.15) is 87.2 Å². The third-order valence-corrected chi connectivity index (χ3v) is 8.71. The molecule has 46 heavy (non-hydrogen) atoms. The Balaban J connectivity index is 0.00000135. The zero-order valence-corrected chi connectivity index (χ0v) is 31.1. The van der Waals surface area contributed by atoms with Crippen LogP contribution in [0, 0.1) is 17.8 Å². The number of amides is 1. The first-order valence-corrected chi connectivity index (χ1v) is 17.8. The average Bonchev–Trinajstić information content (AvgIpc) is 3.22. The molecule has 1 aliphatic carbocycles. The molecule has 2 aromatic carbocycles. The van der Waals surface area contributed by atoms with Crippen molar-refractivity contribution < 1.29 is 14.3 Å². The number of nitrogens with zero attached hydrogens (tertiary/aromatic N) is 1. The standard InChI is InChI=1S/C29H38N2O2.C5H11NS.C2H6O.C2H6.H2S/c1-3-7-24-12-13-26(24)19-31-18-23(11-6-10-22-9-5-8-21(4-2)16-22)20-33-28-15-14-25(29(30)32)17-27(28)31;1-2-3-4-5-7-6;1-3-2;1-2;/h3,5,8-9,14-17,23-24,26H,1,4,6-7,10-13,18-20H2,2H3,(H2,30,32);2H,1,3-6H2;1-2H3;1-2H3;1H2/t23?,24-,26+;;;;/m1..../s1. The average molecular weight is 674 g/mol. The summed E-state index contributed by atoms with van der Waals surface area (Å²) in [6, 6.07) is 14.6. The number of ether oxygens (including phenoxy) is 2. The summed E-state index contributed by atoms with van der Waals surface area (Å²) < 4.78 is 10.5. The van der Waals surface area contributed by atoms with Crippen molar-refractivity contribution in [3.05, 3.63) is 84.5 Å². The van der Waals surface area contributed by atoms with E-state index >= 15 is 0 Å². The summed E-state index contributed by atoms with van der Waals surface area (Å²) in [5.41, 5.74) is 10.00. The third kappa shape index (κ3) is 15.9. The number of carbonyl (C=O) groups excluding carboxylic acids is 1. The fraction of sp³-hybridized carbons (Fsp3) is 0.553. The van der Waals surface area contributed by atoms with Crippen LogP contribution in [0.4, 0.5) is 5.69 Å². The van der Waals surface area contributed by atoms with Gasteiger partial charge in [0.25, 0.3) is 0 Å². The first-order chi connectivity index (χ1) is 21.9. The van der Waals surface area contributed by atoms with Gasteiger partial charge in [-0.15, -0.1) is 13.2 Å². The lowest BCUT2D eigenvalue weighted by Gasteiger charge is -2.40. The Hall–Kier alpha value is -2.39. The minimum absolute atomic E-state index is 0. The molecule has 1 unspecified atom stereocenters. The summed E-state index contributed by atoms with van der Waals surface area (Å²) >= 11 is 1.39. The van der Waals surface area contributed by atoms with Crippen molar-refractivity contribution in [2.75, 3.05) is 44.6 Å². The first-order valence-electron chi connectivity index (χ1n) is 16.7. The van der Waals surface area contributed by atoms with Gasteiger partial charge in [-0.3, -0.25) is 9.93 Å². The molecule has 0 radical (unpaired) electrons. The number of methoxy groups -OCH3 is 1. The highest BCUT2D eigenvalue weighted by Crippen LogP contribution is 2.41. The number of benzene rings is 2. The van der Waals surface area contributed by atoms with Crippen molar-refractivity contribution in [2.45, 2.75) is 78.6 Å². The van der Waals surface area contributed by atoms with Gasteiger partial charge in [-0.05, 0) is 98.9 Å². The van der Waals surface area contributed by atoms with E-state index in [1.165, 1.54) is 35.9 Å². The Morgan fingerprint density at radius 1 is 1.07 bits per heavy atom. The maximum Gasteiger partial charge on any atom is 0.248 e. The molecule has 0 bridgehead atoms. The number of unbranched alkanes of at least 4 members (excludes halogenated alkanes) is 1. The molecule has 3 atom stereocenters.